The third-order valence-corrected chi connectivity index (χ3v) is 3.59. The van der Waals surface area contributed by atoms with Gasteiger partial charge >= 0.3 is 0 Å². The summed E-state index contributed by atoms with van der Waals surface area (Å²) in [7, 11) is 4.09. The van der Waals surface area contributed by atoms with Gasteiger partial charge in [-0.3, -0.25) is 4.68 Å². The number of nitrogens with zero attached hydrogens (tertiary/aromatic N) is 3. The topological polar surface area (TPSA) is 47.1 Å². The second-order valence-electron chi connectivity index (χ2n) is 5.26. The molecule has 1 aromatic rings. The molecule has 0 bridgehead atoms. The van der Waals surface area contributed by atoms with Crippen molar-refractivity contribution >= 4 is 11.6 Å². The first-order chi connectivity index (χ1) is 8.45. The highest BCUT2D eigenvalue weighted by Crippen LogP contribution is 2.26. The predicted molar refractivity (Wildman–Crippen MR) is 76.8 cm³/mol. The molecule has 1 rings (SSSR count). The second-order valence-corrected chi connectivity index (χ2v) is 5.67. The summed E-state index contributed by atoms with van der Waals surface area (Å²) in [5.41, 5.74) is 7.24. The smallest absolute Gasteiger partial charge is 0.0834 e. The first-order valence-electron chi connectivity index (χ1n) is 6.57. The van der Waals surface area contributed by atoms with Crippen LogP contribution in [-0.2, 0) is 6.54 Å². The van der Waals surface area contributed by atoms with Crippen LogP contribution >= 0.6 is 11.6 Å². The molecule has 2 atom stereocenters. The molecule has 5 heteroatoms. The van der Waals surface area contributed by atoms with Crippen LogP contribution in [0.1, 0.15) is 38.4 Å². The fourth-order valence-electron chi connectivity index (χ4n) is 1.93. The van der Waals surface area contributed by atoms with Gasteiger partial charge in [0.1, 0.15) is 0 Å². The molecule has 1 aromatic heterocycles. The summed E-state index contributed by atoms with van der Waals surface area (Å²) in [6.45, 7) is 6.15. The van der Waals surface area contributed by atoms with E-state index in [1.807, 2.05) is 18.8 Å². The van der Waals surface area contributed by atoms with Crippen LogP contribution in [0.15, 0.2) is 6.20 Å². The minimum Gasteiger partial charge on any atom is -0.323 e. The average Bonchev–Trinajstić information content (AvgIpc) is 2.67. The zero-order valence-corrected chi connectivity index (χ0v) is 12.6. The summed E-state index contributed by atoms with van der Waals surface area (Å²) in [5, 5.41) is 5.00. The Labute approximate surface area is 115 Å². The van der Waals surface area contributed by atoms with Gasteiger partial charge in [-0.2, -0.15) is 5.10 Å². The van der Waals surface area contributed by atoms with E-state index in [4.69, 9.17) is 17.3 Å². The Kier molecular flexibility index (Phi) is 6.12. The number of likely N-dealkylation sites (N-methyl/N-ethyl adjacent to an activating group) is 1. The summed E-state index contributed by atoms with van der Waals surface area (Å²) in [4.78, 5) is 2.12. The summed E-state index contributed by atoms with van der Waals surface area (Å²) in [6, 6.07) is -0.0305. The molecule has 2 unspecified atom stereocenters. The maximum Gasteiger partial charge on any atom is 0.0834 e. The highest BCUT2D eigenvalue weighted by atomic mass is 35.5. The van der Waals surface area contributed by atoms with Crippen LogP contribution < -0.4 is 5.73 Å². The molecular weight excluding hydrogens is 248 g/mol. The lowest BCUT2D eigenvalue weighted by Crippen LogP contribution is -2.24. The fraction of sp³-hybridized carbons (Fsp3) is 0.769. The molecule has 0 aliphatic rings. The highest BCUT2D eigenvalue weighted by Gasteiger charge is 2.18. The van der Waals surface area contributed by atoms with Gasteiger partial charge in [-0.05, 0) is 26.4 Å². The Morgan fingerprint density at radius 3 is 2.72 bits per heavy atom. The molecule has 0 fully saturated rings. The van der Waals surface area contributed by atoms with Crippen molar-refractivity contribution in [2.24, 2.45) is 11.7 Å². The van der Waals surface area contributed by atoms with Crippen molar-refractivity contribution in [3.63, 3.8) is 0 Å². The standard InChI is InChI=1S/C13H25ClN4/c1-5-10(2)8-12(15)13-11(14)9-16-18(13)7-6-17(3)4/h9-10,12H,5-8,15H2,1-4H3. The molecular formula is C13H25ClN4. The van der Waals surface area contributed by atoms with Crippen molar-refractivity contribution < 1.29 is 0 Å². The van der Waals surface area contributed by atoms with E-state index in [2.05, 4.69) is 23.8 Å². The van der Waals surface area contributed by atoms with Gasteiger partial charge in [0.05, 0.1) is 23.5 Å². The maximum absolute atomic E-state index is 6.27. The number of hydrogen-bond donors (Lipinski definition) is 1. The minimum absolute atomic E-state index is 0.0305. The number of hydrogen-bond acceptors (Lipinski definition) is 3. The van der Waals surface area contributed by atoms with E-state index < -0.39 is 0 Å². The molecule has 18 heavy (non-hydrogen) atoms. The third kappa shape index (κ3) is 4.26. The minimum atomic E-state index is -0.0305. The Morgan fingerprint density at radius 2 is 2.17 bits per heavy atom. The van der Waals surface area contributed by atoms with Gasteiger partial charge in [-0.15, -0.1) is 0 Å². The van der Waals surface area contributed by atoms with E-state index in [1.165, 1.54) is 0 Å². The Morgan fingerprint density at radius 1 is 1.50 bits per heavy atom. The quantitative estimate of drug-likeness (QED) is 0.830. The molecule has 0 saturated carbocycles. The lowest BCUT2D eigenvalue weighted by atomic mass is 9.98. The zero-order chi connectivity index (χ0) is 13.7. The van der Waals surface area contributed by atoms with E-state index in [0.717, 1.165) is 31.6 Å². The molecule has 4 nitrogen and oxygen atoms in total. The molecule has 0 aliphatic carbocycles. The lowest BCUT2D eigenvalue weighted by Gasteiger charge is -2.19. The lowest BCUT2D eigenvalue weighted by molar-refractivity contribution is 0.361. The maximum atomic E-state index is 6.27. The van der Waals surface area contributed by atoms with Gasteiger partial charge in [-0.25, -0.2) is 0 Å². The van der Waals surface area contributed by atoms with Crippen LogP contribution in [0.3, 0.4) is 0 Å². The number of halogens is 1. The van der Waals surface area contributed by atoms with Crippen LogP contribution in [0.2, 0.25) is 5.02 Å². The summed E-state index contributed by atoms with van der Waals surface area (Å²) in [6.07, 6.45) is 3.78. The predicted octanol–water partition coefficient (Wildman–Crippen LogP) is 2.53. The number of nitrogens with two attached hydrogens (primary N) is 1. The van der Waals surface area contributed by atoms with Crippen molar-refractivity contribution in [1.82, 2.24) is 14.7 Å². The molecule has 0 spiro atoms. The molecule has 1 heterocycles. The largest absolute Gasteiger partial charge is 0.323 e. The van der Waals surface area contributed by atoms with Gasteiger partial charge < -0.3 is 10.6 Å². The van der Waals surface area contributed by atoms with Gasteiger partial charge in [0.2, 0.25) is 0 Å². The Bertz CT molecular complexity index is 362. The van der Waals surface area contributed by atoms with E-state index in [1.54, 1.807) is 6.20 Å². The molecule has 104 valence electrons. The average molecular weight is 273 g/mol. The van der Waals surface area contributed by atoms with E-state index >= 15 is 0 Å². The third-order valence-electron chi connectivity index (χ3n) is 3.30. The van der Waals surface area contributed by atoms with Crippen molar-refractivity contribution in [3.05, 3.63) is 16.9 Å². The van der Waals surface area contributed by atoms with Gasteiger partial charge in [0, 0.05) is 12.6 Å². The Balaban J connectivity index is 2.76. The van der Waals surface area contributed by atoms with Crippen molar-refractivity contribution in [1.29, 1.82) is 0 Å². The van der Waals surface area contributed by atoms with E-state index in [9.17, 15) is 0 Å². The fourth-order valence-corrected chi connectivity index (χ4v) is 2.21. The van der Waals surface area contributed by atoms with Gasteiger partial charge in [0.15, 0.2) is 0 Å². The molecule has 0 saturated heterocycles. The van der Waals surface area contributed by atoms with Crippen LogP contribution in [-0.4, -0.2) is 35.3 Å². The van der Waals surface area contributed by atoms with Crippen molar-refractivity contribution in [2.75, 3.05) is 20.6 Å². The van der Waals surface area contributed by atoms with Crippen LogP contribution in [0.4, 0.5) is 0 Å². The van der Waals surface area contributed by atoms with Crippen LogP contribution in [0.5, 0.6) is 0 Å². The summed E-state index contributed by atoms with van der Waals surface area (Å²) >= 11 is 6.20. The monoisotopic (exact) mass is 272 g/mol. The molecule has 0 aliphatic heterocycles. The highest BCUT2D eigenvalue weighted by molar-refractivity contribution is 6.31. The molecule has 0 aromatic carbocycles. The van der Waals surface area contributed by atoms with Crippen molar-refractivity contribution in [2.45, 2.75) is 39.3 Å². The molecule has 0 radical (unpaired) electrons. The summed E-state index contributed by atoms with van der Waals surface area (Å²) < 4.78 is 1.94. The summed E-state index contributed by atoms with van der Waals surface area (Å²) in [5.74, 6) is 0.605. The first-order valence-corrected chi connectivity index (χ1v) is 6.95. The molecule has 0 amide bonds. The van der Waals surface area contributed by atoms with E-state index in [-0.39, 0.29) is 6.04 Å². The zero-order valence-electron chi connectivity index (χ0n) is 11.9. The van der Waals surface area contributed by atoms with Crippen molar-refractivity contribution in [3.8, 4) is 0 Å². The van der Waals surface area contributed by atoms with Crippen LogP contribution in [0, 0.1) is 5.92 Å². The van der Waals surface area contributed by atoms with Gasteiger partial charge in [-0.1, -0.05) is 31.9 Å². The first kappa shape index (κ1) is 15.5. The number of rotatable bonds is 7. The van der Waals surface area contributed by atoms with E-state index in [0.29, 0.717) is 10.9 Å². The Hall–Kier alpha value is -0.580. The van der Waals surface area contributed by atoms with Gasteiger partial charge in [0.25, 0.3) is 0 Å². The normalized spacial score (nSPS) is 15.1. The SMILES string of the molecule is CCC(C)CC(N)c1c(Cl)cnn1CCN(C)C. The second kappa shape index (κ2) is 7.12. The number of aromatic nitrogens is 2. The molecule has 2 N–H and O–H groups in total. The van der Waals surface area contributed by atoms with Crippen LogP contribution in [0.25, 0.3) is 0 Å².